The van der Waals surface area contributed by atoms with Crippen LogP contribution in [0.2, 0.25) is 0 Å². The van der Waals surface area contributed by atoms with Crippen LogP contribution in [-0.2, 0) is 26.3 Å². The van der Waals surface area contributed by atoms with Gasteiger partial charge in [-0.1, -0.05) is 12.1 Å². The van der Waals surface area contributed by atoms with Crippen LogP contribution in [0.4, 0.5) is 30.2 Å². The minimum atomic E-state index is -4.36. The van der Waals surface area contributed by atoms with Crippen LogP contribution in [0, 0.1) is 17.6 Å². The lowest BCUT2D eigenvalue weighted by Gasteiger charge is -2.43. The molecule has 1 unspecified atom stereocenters. The highest BCUT2D eigenvalue weighted by Gasteiger charge is 2.40. The highest BCUT2D eigenvalue weighted by Crippen LogP contribution is 2.35. The molecule has 5 aliphatic heterocycles. The van der Waals surface area contributed by atoms with Crippen molar-refractivity contribution in [2.45, 2.75) is 63.8 Å². The van der Waals surface area contributed by atoms with E-state index in [0.29, 0.717) is 41.0 Å². The van der Waals surface area contributed by atoms with E-state index in [1.165, 1.54) is 6.20 Å². The number of piperidine rings is 2. The monoisotopic (exact) mass is 937 g/mol. The van der Waals surface area contributed by atoms with Gasteiger partial charge in [-0.2, -0.15) is 12.7 Å². The largest absolute Gasteiger partial charge is 0.372 e. The van der Waals surface area contributed by atoms with E-state index in [-0.39, 0.29) is 49.4 Å². The molecule has 350 valence electrons. The number of nitrogens with one attached hydrogen (secondary N) is 3. The quantitative estimate of drug-likeness (QED) is 0.112. The number of benzene rings is 3. The highest BCUT2D eigenvalue weighted by molar-refractivity contribution is 7.90. The number of pyridine rings is 1. The lowest BCUT2D eigenvalue weighted by Crippen LogP contribution is -2.53. The molecule has 19 heteroatoms. The van der Waals surface area contributed by atoms with Crippen LogP contribution in [0.3, 0.4) is 0 Å². The second-order valence-corrected chi connectivity index (χ2v) is 20.0. The van der Waals surface area contributed by atoms with Crippen LogP contribution < -0.4 is 19.8 Å². The predicted molar refractivity (Wildman–Crippen MR) is 246 cm³/mol. The molecule has 67 heavy (non-hydrogen) atoms. The third-order valence-corrected chi connectivity index (χ3v) is 15.5. The topological polar surface area (TPSA) is 171 Å². The lowest BCUT2D eigenvalue weighted by atomic mass is 9.95. The smallest absolute Gasteiger partial charge is 0.301 e. The molecule has 3 N–H and O–H groups in total. The number of hydrogen-bond donors (Lipinski definition) is 3. The SMILES string of the molecule is C[C@H]1CN(CC2CCN(c3ccc(-c4cnc5[nH]cc(C(=O)c6c(F)ccc(NS(=O)(=O)N7CC[C@@H](F)C7)c6F)c5c4)cc3)CC2)CCN1c1ccc2c(c1)CN(C1CCC(=O)NC1=O)C2=O. The van der Waals surface area contributed by atoms with Crippen LogP contribution in [0.25, 0.3) is 22.2 Å². The molecule has 0 saturated carbocycles. The average molecular weight is 938 g/mol. The molecule has 3 atom stereocenters. The number of alkyl halides is 1. The first-order valence-corrected chi connectivity index (χ1v) is 24.2. The fourth-order valence-corrected chi connectivity index (χ4v) is 11.6. The summed E-state index contributed by atoms with van der Waals surface area (Å²) < 4.78 is 73.2. The molecule has 3 aromatic carbocycles. The molecule has 15 nitrogen and oxygen atoms in total. The number of ketones is 1. The number of rotatable bonds is 11. The summed E-state index contributed by atoms with van der Waals surface area (Å²) >= 11 is 0. The number of amides is 3. The first-order chi connectivity index (χ1) is 32.2. The van der Waals surface area contributed by atoms with E-state index in [1.807, 2.05) is 29.0 Å². The van der Waals surface area contributed by atoms with Crippen LogP contribution in [-0.4, -0.2) is 127 Å². The molecular weight excluding hydrogens is 888 g/mol. The Balaban J connectivity index is 0.738. The molecule has 4 fully saturated rings. The summed E-state index contributed by atoms with van der Waals surface area (Å²) in [6.45, 7) is 7.67. The van der Waals surface area contributed by atoms with Gasteiger partial charge in [-0.05, 0) is 98.2 Å². The Morgan fingerprint density at radius 2 is 1.64 bits per heavy atom. The van der Waals surface area contributed by atoms with Crippen molar-refractivity contribution in [1.82, 2.24) is 29.4 Å². The number of halogens is 3. The number of carbonyl (C=O) groups excluding carboxylic acids is 4. The maximum absolute atomic E-state index is 15.8. The van der Waals surface area contributed by atoms with E-state index < -0.39 is 57.0 Å². The van der Waals surface area contributed by atoms with E-state index in [4.69, 9.17) is 0 Å². The van der Waals surface area contributed by atoms with E-state index >= 15 is 8.78 Å². The standard InChI is InChI=1S/C48H50F3N9O6S/c1-28-24-56(18-19-59(28)35-6-7-36-32(20-35)26-60(48(36)64)41-10-11-42(61)54-47(41)63)25-29-12-15-57(16-13-29)34-4-2-30(3-5-34)31-21-37-38(23-53-46(37)52-22-31)45(62)43-39(50)8-9-40(44(43)51)55-67(65,66)58-17-14-33(49)27-58/h2-9,20-23,28-29,33,41,55H,10-19,24-27H2,1H3,(H,52,53)(H,54,61,63)/t28-,33+,41?/m0/s1. The van der Waals surface area contributed by atoms with Gasteiger partial charge >= 0.3 is 10.2 Å². The molecule has 4 saturated heterocycles. The zero-order valence-corrected chi connectivity index (χ0v) is 37.6. The first kappa shape index (κ1) is 44.5. The van der Waals surface area contributed by atoms with Gasteiger partial charge in [0, 0.05) is 117 Å². The van der Waals surface area contributed by atoms with E-state index in [9.17, 15) is 32.0 Å². The summed E-state index contributed by atoms with van der Waals surface area (Å²) in [7, 11) is -4.36. The first-order valence-electron chi connectivity index (χ1n) is 22.7. The van der Waals surface area contributed by atoms with Crippen molar-refractivity contribution in [1.29, 1.82) is 0 Å². The molecule has 3 amide bonds. The number of imide groups is 1. The second kappa shape index (κ2) is 17.7. The van der Waals surface area contributed by atoms with Crippen molar-refractivity contribution in [2.75, 3.05) is 66.9 Å². The van der Waals surface area contributed by atoms with Crippen molar-refractivity contribution in [3.8, 4) is 11.1 Å². The number of aromatic amines is 1. The van der Waals surface area contributed by atoms with Crippen LogP contribution in [0.5, 0.6) is 0 Å². The number of carbonyl (C=O) groups is 4. The van der Waals surface area contributed by atoms with Gasteiger partial charge in [0.05, 0.1) is 11.3 Å². The molecule has 0 radical (unpaired) electrons. The van der Waals surface area contributed by atoms with Gasteiger partial charge in [0.1, 0.15) is 23.7 Å². The van der Waals surface area contributed by atoms with E-state index in [1.54, 1.807) is 17.2 Å². The highest BCUT2D eigenvalue weighted by atomic mass is 32.2. The van der Waals surface area contributed by atoms with Gasteiger partial charge in [-0.3, -0.25) is 34.1 Å². The van der Waals surface area contributed by atoms with E-state index in [0.717, 1.165) is 91.0 Å². The minimum absolute atomic E-state index is 0.00321. The Labute approximate surface area is 385 Å². The van der Waals surface area contributed by atoms with Crippen LogP contribution >= 0.6 is 0 Å². The Bertz CT molecular complexity index is 2910. The number of H-pyrrole nitrogens is 1. The van der Waals surface area contributed by atoms with E-state index in [2.05, 4.69) is 55.1 Å². The molecule has 5 aromatic rings. The number of hydrogen-bond acceptors (Lipinski definition) is 10. The maximum Gasteiger partial charge on any atom is 0.301 e. The molecule has 2 aromatic heterocycles. The van der Waals surface area contributed by atoms with Gasteiger partial charge in [0.15, 0.2) is 5.82 Å². The van der Waals surface area contributed by atoms with Crippen molar-refractivity contribution in [3.63, 3.8) is 0 Å². The zero-order valence-electron chi connectivity index (χ0n) is 36.8. The second-order valence-electron chi connectivity index (χ2n) is 18.3. The lowest BCUT2D eigenvalue weighted by molar-refractivity contribution is -0.136. The molecule has 0 spiro atoms. The molecule has 0 aliphatic carbocycles. The van der Waals surface area contributed by atoms with Gasteiger partial charge in [0.25, 0.3) is 5.91 Å². The summed E-state index contributed by atoms with van der Waals surface area (Å²) in [5, 5.41) is 2.70. The average Bonchev–Trinajstić information content (AvgIpc) is 4.04. The normalized spacial score (nSPS) is 22.2. The predicted octanol–water partition coefficient (Wildman–Crippen LogP) is 5.63. The van der Waals surface area contributed by atoms with Crippen molar-refractivity contribution < 1.29 is 40.8 Å². The molecule has 0 bridgehead atoms. The number of piperazine rings is 1. The summed E-state index contributed by atoms with van der Waals surface area (Å²) in [5.74, 6) is -3.87. The number of fused-ring (bicyclic) bond motifs is 2. The fraction of sp³-hybridized carbons (Fsp3) is 0.396. The fourth-order valence-electron chi connectivity index (χ4n) is 10.4. The van der Waals surface area contributed by atoms with Gasteiger partial charge in [0.2, 0.25) is 17.6 Å². The third-order valence-electron chi connectivity index (χ3n) is 14.0. The Morgan fingerprint density at radius 1 is 0.866 bits per heavy atom. The zero-order chi connectivity index (χ0) is 46.7. The van der Waals surface area contributed by atoms with Crippen LogP contribution in [0.1, 0.15) is 70.9 Å². The van der Waals surface area contributed by atoms with Gasteiger partial charge in [-0.25, -0.2) is 18.2 Å². The van der Waals surface area contributed by atoms with Gasteiger partial charge < -0.3 is 19.7 Å². The van der Waals surface area contributed by atoms with Crippen LogP contribution in [0.15, 0.2) is 73.1 Å². The van der Waals surface area contributed by atoms with Gasteiger partial charge in [-0.15, -0.1) is 0 Å². The molecule has 7 heterocycles. The summed E-state index contributed by atoms with van der Waals surface area (Å²) in [6, 6.07) is 17.1. The Morgan fingerprint density at radius 3 is 2.37 bits per heavy atom. The molecule has 10 rings (SSSR count). The Kier molecular flexibility index (Phi) is 11.8. The summed E-state index contributed by atoms with van der Waals surface area (Å²) in [6.07, 6.45) is 4.29. The summed E-state index contributed by atoms with van der Waals surface area (Å²) in [5.41, 5.74) is 3.91. The molecular formula is C48H50F3N9O6S. The number of nitrogens with zero attached hydrogens (tertiary/aromatic N) is 6. The van der Waals surface area contributed by atoms with Crippen molar-refractivity contribution in [2.24, 2.45) is 5.92 Å². The third kappa shape index (κ3) is 8.63. The van der Waals surface area contributed by atoms with Crippen molar-refractivity contribution in [3.05, 3.63) is 107 Å². The number of anilines is 3. The maximum atomic E-state index is 15.8. The molecule has 5 aliphatic rings. The summed E-state index contributed by atoms with van der Waals surface area (Å²) in [4.78, 5) is 67.5. The van der Waals surface area contributed by atoms with Crippen molar-refractivity contribution >= 4 is 61.8 Å². The number of aromatic nitrogens is 2. The Hall–Kier alpha value is -6.31. The minimum Gasteiger partial charge on any atom is -0.372 e.